The van der Waals surface area contributed by atoms with Gasteiger partial charge in [0, 0.05) is 17.8 Å². The summed E-state index contributed by atoms with van der Waals surface area (Å²) < 4.78 is 0. The van der Waals surface area contributed by atoms with Crippen LogP contribution in [0.5, 0.6) is 0 Å². The molecule has 1 saturated heterocycles. The fourth-order valence-corrected chi connectivity index (χ4v) is 5.84. The molecule has 2 atom stereocenters. The molecule has 0 saturated carbocycles. The van der Waals surface area contributed by atoms with Crippen molar-refractivity contribution in [2.24, 2.45) is 5.92 Å². The van der Waals surface area contributed by atoms with Gasteiger partial charge in [0.25, 0.3) is 5.91 Å². The molecule has 2 N–H and O–H groups in total. The minimum Gasteiger partial charge on any atom is -0.390 e. The molecule has 1 heterocycles. The number of benzene rings is 3. The predicted molar refractivity (Wildman–Crippen MR) is 167 cm³/mol. The molecule has 2 amide bonds. The van der Waals surface area contributed by atoms with Crippen LogP contribution in [-0.4, -0.2) is 34.0 Å². The van der Waals surface area contributed by atoms with Crippen molar-refractivity contribution in [3.8, 4) is 0 Å². The summed E-state index contributed by atoms with van der Waals surface area (Å²) in [5.41, 5.74) is 5.87. The smallest absolute Gasteiger partial charge is 0.254 e. The first-order chi connectivity index (χ1) is 19.2. The molecule has 0 aliphatic carbocycles. The van der Waals surface area contributed by atoms with E-state index < -0.39 is 11.5 Å². The predicted octanol–water partition coefficient (Wildman–Crippen LogP) is 7.54. The van der Waals surface area contributed by atoms with Crippen molar-refractivity contribution in [2.45, 2.75) is 91.2 Å². The molecule has 4 rings (SSSR count). The number of aryl methyl sites for hydroxylation is 3. The molecule has 1 fully saturated rings. The third-order valence-electron chi connectivity index (χ3n) is 8.27. The molecule has 3 aromatic carbocycles. The van der Waals surface area contributed by atoms with Crippen LogP contribution >= 0.6 is 0 Å². The van der Waals surface area contributed by atoms with Gasteiger partial charge in [0.1, 0.15) is 0 Å². The molecule has 218 valence electrons. The number of nitrogens with zero attached hydrogens (tertiary/aromatic N) is 1. The highest BCUT2D eigenvalue weighted by atomic mass is 16.3. The standard InChI is InChI=1S/C36H46N2O3/c1-24-11-8-12-25(2)31(24)34(40)38-22-10-15-30(33(39)37-29-14-9-13-28(23-29)35(3,4)5)32(38)27-18-16-26(17-19-27)20-21-36(6,7)41/h8-9,11-14,16-19,23,30,32,41H,10,15,20-22H2,1-7H3,(H,37,39)/t30-,32-/m0/s1. The Labute approximate surface area is 246 Å². The van der Waals surface area contributed by atoms with Gasteiger partial charge in [-0.1, -0.05) is 75.4 Å². The van der Waals surface area contributed by atoms with Gasteiger partial charge in [-0.15, -0.1) is 0 Å². The molecule has 1 aliphatic rings. The average molecular weight is 555 g/mol. The van der Waals surface area contributed by atoms with Crippen molar-refractivity contribution in [3.05, 3.63) is 100 Å². The van der Waals surface area contributed by atoms with Crippen LogP contribution in [-0.2, 0) is 16.6 Å². The molecule has 1 aliphatic heterocycles. The second kappa shape index (κ2) is 12.2. The lowest BCUT2D eigenvalue weighted by Gasteiger charge is -2.41. The summed E-state index contributed by atoms with van der Waals surface area (Å²) in [6.07, 6.45) is 2.88. The van der Waals surface area contributed by atoms with Gasteiger partial charge in [0.2, 0.25) is 5.91 Å². The lowest BCUT2D eigenvalue weighted by atomic mass is 9.82. The van der Waals surface area contributed by atoms with E-state index in [9.17, 15) is 14.7 Å². The topological polar surface area (TPSA) is 69.6 Å². The van der Waals surface area contributed by atoms with Crippen LogP contribution in [0.2, 0.25) is 0 Å². The van der Waals surface area contributed by atoms with Crippen LogP contribution in [0, 0.1) is 19.8 Å². The number of amides is 2. The van der Waals surface area contributed by atoms with Crippen LogP contribution in [0.15, 0.2) is 66.7 Å². The summed E-state index contributed by atoms with van der Waals surface area (Å²) in [5, 5.41) is 13.4. The Morgan fingerprint density at radius 3 is 2.17 bits per heavy atom. The first-order valence-electron chi connectivity index (χ1n) is 14.8. The molecule has 0 radical (unpaired) electrons. The normalized spacial score (nSPS) is 17.8. The largest absolute Gasteiger partial charge is 0.390 e. The number of rotatable bonds is 7. The van der Waals surface area contributed by atoms with E-state index in [0.29, 0.717) is 19.4 Å². The summed E-state index contributed by atoms with van der Waals surface area (Å²) in [4.78, 5) is 30.0. The molecule has 5 heteroatoms. The van der Waals surface area contributed by atoms with E-state index in [-0.39, 0.29) is 23.3 Å². The van der Waals surface area contributed by atoms with Crippen molar-refractivity contribution >= 4 is 17.5 Å². The van der Waals surface area contributed by atoms with Crippen LogP contribution in [0.4, 0.5) is 5.69 Å². The lowest BCUT2D eigenvalue weighted by molar-refractivity contribution is -0.123. The third kappa shape index (κ3) is 7.45. The van der Waals surface area contributed by atoms with Crippen molar-refractivity contribution in [2.75, 3.05) is 11.9 Å². The SMILES string of the molecule is Cc1cccc(C)c1C(=O)N1CCC[C@H](C(=O)Nc2cccc(C(C)(C)C)c2)[C@@H]1c1ccc(CCC(C)(C)O)cc1. The third-order valence-corrected chi connectivity index (χ3v) is 8.27. The Balaban J connectivity index is 1.69. The Kier molecular flexibility index (Phi) is 9.08. The summed E-state index contributed by atoms with van der Waals surface area (Å²) in [6.45, 7) is 14.7. The number of piperidine rings is 1. The molecule has 0 spiro atoms. The maximum atomic E-state index is 14.2. The molecule has 0 aromatic heterocycles. The van der Waals surface area contributed by atoms with E-state index in [0.717, 1.165) is 51.9 Å². The van der Waals surface area contributed by atoms with Crippen molar-refractivity contribution in [1.29, 1.82) is 0 Å². The van der Waals surface area contributed by atoms with Crippen LogP contribution < -0.4 is 5.32 Å². The Morgan fingerprint density at radius 2 is 1.56 bits per heavy atom. The van der Waals surface area contributed by atoms with Crippen LogP contribution in [0.3, 0.4) is 0 Å². The zero-order chi connectivity index (χ0) is 29.9. The summed E-state index contributed by atoms with van der Waals surface area (Å²) in [6, 6.07) is 21.8. The summed E-state index contributed by atoms with van der Waals surface area (Å²) in [5.74, 6) is -0.479. The molecule has 0 bridgehead atoms. The highest BCUT2D eigenvalue weighted by molar-refractivity contribution is 5.99. The van der Waals surface area contributed by atoms with Gasteiger partial charge in [-0.2, -0.15) is 0 Å². The summed E-state index contributed by atoms with van der Waals surface area (Å²) >= 11 is 0. The van der Waals surface area contributed by atoms with Gasteiger partial charge < -0.3 is 15.3 Å². The van der Waals surface area contributed by atoms with Gasteiger partial charge >= 0.3 is 0 Å². The number of likely N-dealkylation sites (tertiary alicyclic amines) is 1. The van der Waals surface area contributed by atoms with Gasteiger partial charge in [0.05, 0.1) is 17.6 Å². The fourth-order valence-electron chi connectivity index (χ4n) is 5.84. The second-order valence-corrected chi connectivity index (χ2v) is 13.3. The highest BCUT2D eigenvalue weighted by Crippen LogP contribution is 2.39. The van der Waals surface area contributed by atoms with Crippen molar-refractivity contribution < 1.29 is 14.7 Å². The number of hydrogen-bond donors (Lipinski definition) is 2. The van der Waals surface area contributed by atoms with E-state index in [1.54, 1.807) is 0 Å². The zero-order valence-corrected chi connectivity index (χ0v) is 25.8. The van der Waals surface area contributed by atoms with Gasteiger partial charge in [-0.3, -0.25) is 9.59 Å². The van der Waals surface area contributed by atoms with E-state index in [4.69, 9.17) is 0 Å². The molecule has 41 heavy (non-hydrogen) atoms. The lowest BCUT2D eigenvalue weighted by Crippen LogP contribution is -2.46. The molecule has 0 unspecified atom stereocenters. The monoisotopic (exact) mass is 554 g/mol. The molecule has 3 aromatic rings. The highest BCUT2D eigenvalue weighted by Gasteiger charge is 2.40. The Hall–Kier alpha value is -3.44. The number of anilines is 1. The minimum atomic E-state index is -0.732. The fraction of sp³-hybridized carbons (Fsp3) is 0.444. The van der Waals surface area contributed by atoms with Gasteiger partial charge in [-0.05, 0) is 98.7 Å². The van der Waals surface area contributed by atoms with Gasteiger partial charge in [-0.25, -0.2) is 0 Å². The van der Waals surface area contributed by atoms with E-state index >= 15 is 0 Å². The number of hydrogen-bond acceptors (Lipinski definition) is 3. The van der Waals surface area contributed by atoms with Crippen LogP contribution in [0.1, 0.15) is 98.1 Å². The molecular weight excluding hydrogens is 508 g/mol. The second-order valence-electron chi connectivity index (χ2n) is 13.3. The Morgan fingerprint density at radius 1 is 0.927 bits per heavy atom. The summed E-state index contributed by atoms with van der Waals surface area (Å²) in [7, 11) is 0. The van der Waals surface area contributed by atoms with E-state index in [1.807, 2.05) is 69.0 Å². The molecule has 5 nitrogen and oxygen atoms in total. The average Bonchev–Trinajstić information content (AvgIpc) is 2.91. The van der Waals surface area contributed by atoms with E-state index in [1.165, 1.54) is 0 Å². The van der Waals surface area contributed by atoms with Crippen molar-refractivity contribution in [1.82, 2.24) is 4.90 Å². The number of nitrogens with one attached hydrogen (secondary N) is 1. The number of aliphatic hydroxyl groups is 1. The maximum absolute atomic E-state index is 14.2. The zero-order valence-electron chi connectivity index (χ0n) is 25.8. The van der Waals surface area contributed by atoms with E-state index in [2.05, 4.69) is 56.4 Å². The maximum Gasteiger partial charge on any atom is 0.254 e. The van der Waals surface area contributed by atoms with Crippen molar-refractivity contribution in [3.63, 3.8) is 0 Å². The first-order valence-corrected chi connectivity index (χ1v) is 14.8. The van der Waals surface area contributed by atoms with Gasteiger partial charge in [0.15, 0.2) is 0 Å². The van der Waals surface area contributed by atoms with Crippen LogP contribution in [0.25, 0.3) is 0 Å². The minimum absolute atomic E-state index is 0.0241. The molecular formula is C36H46N2O3. The number of carbonyl (C=O) groups is 2. The Bertz CT molecular complexity index is 1360. The first kappa shape index (κ1) is 30.5. The number of carbonyl (C=O) groups excluding carboxylic acids is 2. The quantitative estimate of drug-likeness (QED) is 0.317.